The maximum absolute atomic E-state index is 13.9. The zero-order valence-electron chi connectivity index (χ0n) is 25.6. The van der Waals surface area contributed by atoms with Gasteiger partial charge in [-0.05, 0) is 61.8 Å². The number of nitrogens with one attached hydrogen (secondary N) is 2. The molecule has 2 amide bonds. The molecule has 4 rings (SSSR count). The van der Waals surface area contributed by atoms with Gasteiger partial charge < -0.3 is 19.5 Å². The van der Waals surface area contributed by atoms with Crippen LogP contribution in [0.4, 0.5) is 10.5 Å². The lowest BCUT2D eigenvalue weighted by Gasteiger charge is -2.28. The first-order valence-electron chi connectivity index (χ1n) is 15.4. The number of anilines is 1. The fraction of sp³-hybridized carbons (Fsp3) is 0.371. The lowest BCUT2D eigenvalue weighted by Crippen LogP contribution is -2.53. The van der Waals surface area contributed by atoms with Crippen molar-refractivity contribution in [3.63, 3.8) is 0 Å². The highest BCUT2D eigenvalue weighted by Gasteiger charge is 2.34. The van der Waals surface area contributed by atoms with E-state index in [1.54, 1.807) is 6.92 Å². The van der Waals surface area contributed by atoms with Crippen LogP contribution in [-0.2, 0) is 48.2 Å². The predicted octanol–water partition coefficient (Wildman–Crippen LogP) is 4.70. The van der Waals surface area contributed by atoms with Gasteiger partial charge in [0, 0.05) is 12.2 Å². The van der Waals surface area contributed by atoms with Crippen LogP contribution >= 0.6 is 0 Å². The summed E-state index contributed by atoms with van der Waals surface area (Å²) in [4.78, 5) is 53.2. The van der Waals surface area contributed by atoms with Gasteiger partial charge in [-0.25, -0.2) is 4.79 Å². The molecule has 10 nitrogen and oxygen atoms in total. The van der Waals surface area contributed by atoms with Gasteiger partial charge in [0.15, 0.2) is 0 Å². The largest absolute Gasteiger partial charge is 0.465 e. The van der Waals surface area contributed by atoms with E-state index < -0.39 is 30.1 Å². The van der Waals surface area contributed by atoms with Crippen molar-refractivity contribution >= 4 is 29.6 Å². The number of para-hydroxylation sites is 1. The monoisotopic (exact) mass is 615 g/mol. The van der Waals surface area contributed by atoms with Gasteiger partial charge in [0.1, 0.15) is 25.8 Å². The fourth-order valence-corrected chi connectivity index (χ4v) is 5.14. The maximum atomic E-state index is 13.9. The molecular weight excluding hydrogens is 574 g/mol. The van der Waals surface area contributed by atoms with Gasteiger partial charge in [-0.3, -0.25) is 24.6 Å². The van der Waals surface area contributed by atoms with E-state index in [1.807, 2.05) is 84.9 Å². The van der Waals surface area contributed by atoms with Crippen LogP contribution < -0.4 is 15.5 Å². The number of carbonyl (C=O) groups is 4. The van der Waals surface area contributed by atoms with Gasteiger partial charge in [-0.1, -0.05) is 78.9 Å². The molecule has 0 aliphatic carbocycles. The van der Waals surface area contributed by atoms with Crippen molar-refractivity contribution in [1.82, 2.24) is 10.6 Å². The molecule has 10 heteroatoms. The average Bonchev–Trinajstić information content (AvgIpc) is 3.19. The lowest BCUT2D eigenvalue weighted by molar-refractivity contribution is -0.147. The summed E-state index contributed by atoms with van der Waals surface area (Å²) in [6.07, 6.45) is 2.10. The quantitative estimate of drug-likeness (QED) is 0.143. The highest BCUT2D eigenvalue weighted by atomic mass is 16.5. The fourth-order valence-electron chi connectivity index (χ4n) is 5.14. The minimum absolute atomic E-state index is 0.107. The predicted molar refractivity (Wildman–Crippen MR) is 169 cm³/mol. The Morgan fingerprint density at radius 1 is 0.844 bits per heavy atom. The van der Waals surface area contributed by atoms with Crippen molar-refractivity contribution in [3.8, 4) is 0 Å². The number of unbranched alkanes of at least 4 members (excludes halogenated alkanes) is 1. The Morgan fingerprint density at radius 2 is 1.49 bits per heavy atom. The molecule has 0 bridgehead atoms. The normalized spacial score (nSPS) is 14.9. The third kappa shape index (κ3) is 10.5. The van der Waals surface area contributed by atoms with Gasteiger partial charge in [-0.15, -0.1) is 0 Å². The molecule has 2 N–H and O–H groups in total. The second kappa shape index (κ2) is 17.6. The van der Waals surface area contributed by atoms with E-state index >= 15 is 0 Å². The number of esters is 2. The number of alkyl carbamates (subject to hydrolysis) is 1. The highest BCUT2D eigenvalue weighted by molar-refractivity contribution is 6.02. The summed E-state index contributed by atoms with van der Waals surface area (Å²) in [5, 5.41) is 5.96. The van der Waals surface area contributed by atoms with Crippen molar-refractivity contribution in [2.24, 2.45) is 0 Å². The van der Waals surface area contributed by atoms with Crippen LogP contribution in [0.5, 0.6) is 0 Å². The zero-order chi connectivity index (χ0) is 31.9. The topological polar surface area (TPSA) is 123 Å². The number of nitrogens with zero attached hydrogens (tertiary/aromatic N) is 1. The molecule has 0 saturated heterocycles. The van der Waals surface area contributed by atoms with Crippen molar-refractivity contribution in [3.05, 3.63) is 102 Å². The number of fused-ring (bicyclic) bond motifs is 1. The first-order valence-corrected chi connectivity index (χ1v) is 15.4. The first-order chi connectivity index (χ1) is 21.9. The van der Waals surface area contributed by atoms with E-state index in [-0.39, 0.29) is 32.3 Å². The van der Waals surface area contributed by atoms with E-state index in [0.29, 0.717) is 44.3 Å². The molecule has 1 heterocycles. The second-order valence-electron chi connectivity index (χ2n) is 10.7. The Balaban J connectivity index is 1.33. The minimum atomic E-state index is -0.739. The standard InChI is InChI=1S/C35H41N3O7/c1-2-43-34(41)30(18-11-12-22-36-35(42)45-25-27-15-7-4-8-16-27)37-29-21-20-28-17-9-10-19-31(28)38(33(29)40)23-32(39)44-24-26-13-5-3-6-14-26/h3-10,13-17,19,29-30,37H,2,11-12,18,20-25H2,1H3,(H,36,42)/t29-,30-/m0/s1. The smallest absolute Gasteiger partial charge is 0.407 e. The summed E-state index contributed by atoms with van der Waals surface area (Å²) in [6.45, 7) is 2.35. The Hall–Kier alpha value is -4.70. The zero-order valence-corrected chi connectivity index (χ0v) is 25.6. The molecule has 2 atom stereocenters. The molecule has 1 aliphatic rings. The number of ether oxygens (including phenoxy) is 3. The summed E-state index contributed by atoms with van der Waals surface area (Å²) in [5.41, 5.74) is 3.34. The average molecular weight is 616 g/mol. The summed E-state index contributed by atoms with van der Waals surface area (Å²) in [7, 11) is 0. The third-order valence-electron chi connectivity index (χ3n) is 7.45. The van der Waals surface area contributed by atoms with E-state index in [1.165, 1.54) is 4.90 Å². The maximum Gasteiger partial charge on any atom is 0.407 e. The first kappa shape index (κ1) is 33.2. The molecule has 238 valence electrons. The Bertz CT molecular complexity index is 1400. The van der Waals surface area contributed by atoms with E-state index in [0.717, 1.165) is 16.7 Å². The number of hydrogen-bond donors (Lipinski definition) is 2. The van der Waals surface area contributed by atoms with Gasteiger partial charge in [0.25, 0.3) is 0 Å². The van der Waals surface area contributed by atoms with Crippen molar-refractivity contribution in [2.45, 2.75) is 64.3 Å². The molecular formula is C35H41N3O7. The van der Waals surface area contributed by atoms with Crippen LogP contribution in [0.1, 0.15) is 49.3 Å². The van der Waals surface area contributed by atoms with Crippen LogP contribution in [0.15, 0.2) is 84.9 Å². The van der Waals surface area contributed by atoms with E-state index in [4.69, 9.17) is 14.2 Å². The van der Waals surface area contributed by atoms with Crippen molar-refractivity contribution in [2.75, 3.05) is 24.6 Å². The van der Waals surface area contributed by atoms with Crippen molar-refractivity contribution < 1.29 is 33.4 Å². The number of rotatable bonds is 15. The van der Waals surface area contributed by atoms with Crippen LogP contribution in [0.3, 0.4) is 0 Å². The molecule has 45 heavy (non-hydrogen) atoms. The summed E-state index contributed by atoms with van der Waals surface area (Å²) in [6, 6.07) is 24.8. The SMILES string of the molecule is CCOC(=O)[C@H](CCCCNC(=O)OCc1ccccc1)N[C@H]1CCc2ccccc2N(CC(=O)OCc2ccccc2)C1=O. The van der Waals surface area contributed by atoms with Gasteiger partial charge in [-0.2, -0.15) is 0 Å². The minimum Gasteiger partial charge on any atom is -0.465 e. The molecule has 0 aromatic heterocycles. The molecule has 0 spiro atoms. The number of carbonyl (C=O) groups excluding carboxylic acids is 4. The Morgan fingerprint density at radius 3 is 2.18 bits per heavy atom. The molecule has 0 radical (unpaired) electrons. The van der Waals surface area contributed by atoms with Crippen LogP contribution in [0.2, 0.25) is 0 Å². The summed E-state index contributed by atoms with van der Waals surface area (Å²) in [5.74, 6) is -1.29. The summed E-state index contributed by atoms with van der Waals surface area (Å²) >= 11 is 0. The van der Waals surface area contributed by atoms with Gasteiger partial charge >= 0.3 is 18.0 Å². The number of amides is 2. The Labute approximate surface area is 264 Å². The highest BCUT2D eigenvalue weighted by Crippen LogP contribution is 2.27. The number of aryl methyl sites for hydroxylation is 1. The Kier molecular flexibility index (Phi) is 13.0. The van der Waals surface area contributed by atoms with Crippen molar-refractivity contribution in [1.29, 1.82) is 0 Å². The number of benzene rings is 3. The molecule has 1 aliphatic heterocycles. The lowest BCUT2D eigenvalue weighted by atomic mass is 10.0. The van der Waals surface area contributed by atoms with Gasteiger partial charge in [0.2, 0.25) is 5.91 Å². The molecule has 0 fully saturated rings. The molecule has 3 aromatic rings. The van der Waals surface area contributed by atoms with Crippen LogP contribution in [0, 0.1) is 0 Å². The molecule has 0 unspecified atom stereocenters. The van der Waals surface area contributed by atoms with E-state index in [9.17, 15) is 19.2 Å². The molecule has 0 saturated carbocycles. The van der Waals surface area contributed by atoms with Crippen LogP contribution in [-0.4, -0.2) is 55.7 Å². The third-order valence-corrected chi connectivity index (χ3v) is 7.45. The molecule has 3 aromatic carbocycles. The number of hydrogen-bond acceptors (Lipinski definition) is 8. The van der Waals surface area contributed by atoms with Crippen LogP contribution in [0.25, 0.3) is 0 Å². The van der Waals surface area contributed by atoms with E-state index in [2.05, 4.69) is 10.6 Å². The van der Waals surface area contributed by atoms with Gasteiger partial charge in [0.05, 0.1) is 12.6 Å². The second-order valence-corrected chi connectivity index (χ2v) is 10.7. The summed E-state index contributed by atoms with van der Waals surface area (Å²) < 4.78 is 16.0.